The van der Waals surface area contributed by atoms with Gasteiger partial charge >= 0.3 is 0 Å². The van der Waals surface area contributed by atoms with E-state index in [0.29, 0.717) is 17.5 Å². The minimum atomic E-state index is 0.528. The van der Waals surface area contributed by atoms with E-state index in [2.05, 4.69) is 132 Å². The van der Waals surface area contributed by atoms with Gasteiger partial charge in [0.2, 0.25) is 0 Å². The highest BCUT2D eigenvalue weighted by molar-refractivity contribution is 6.11. The second-order valence-corrected chi connectivity index (χ2v) is 14.4. The predicted molar refractivity (Wildman–Crippen MR) is 230 cm³/mol. The van der Waals surface area contributed by atoms with Gasteiger partial charge in [-0.3, -0.25) is 0 Å². The summed E-state index contributed by atoms with van der Waals surface area (Å²) in [4.78, 5) is 15.5. The van der Waals surface area contributed by atoms with Gasteiger partial charge in [-0.1, -0.05) is 121 Å². The first kappa shape index (κ1) is 31.5. The van der Waals surface area contributed by atoms with Crippen LogP contribution < -0.4 is 0 Å². The van der Waals surface area contributed by atoms with Crippen LogP contribution in [0.1, 0.15) is 0 Å². The maximum Gasteiger partial charge on any atom is 0.167 e. The molecule has 0 atom stereocenters. The molecule has 12 rings (SSSR count). The number of hydrogen-bond donors (Lipinski definition) is 0. The molecular weight excluding hydrogens is 701 g/mol. The molecule has 57 heavy (non-hydrogen) atoms. The Morgan fingerprint density at radius 2 is 0.930 bits per heavy atom. The Hall–Kier alpha value is -7.83. The zero-order valence-corrected chi connectivity index (χ0v) is 30.4. The molecule has 0 N–H and O–H groups in total. The van der Waals surface area contributed by atoms with Gasteiger partial charge in [-0.05, 0) is 71.8 Å². The molecule has 4 heterocycles. The fourth-order valence-electron chi connectivity index (χ4n) is 8.39. The van der Waals surface area contributed by atoms with Gasteiger partial charge in [-0.15, -0.1) is 0 Å². The zero-order valence-electron chi connectivity index (χ0n) is 30.4. The lowest BCUT2D eigenvalue weighted by Gasteiger charge is -2.12. The summed E-state index contributed by atoms with van der Waals surface area (Å²) in [6, 6.07) is 62.9. The highest BCUT2D eigenvalue weighted by atomic mass is 16.3. The monoisotopic (exact) mass is 730 g/mol. The fourth-order valence-corrected chi connectivity index (χ4v) is 8.39. The molecule has 0 saturated carbocycles. The summed E-state index contributed by atoms with van der Waals surface area (Å²) in [7, 11) is 0. The molecule has 0 fully saturated rings. The predicted octanol–water partition coefficient (Wildman–Crippen LogP) is 13.4. The number of para-hydroxylation sites is 4. The van der Waals surface area contributed by atoms with Crippen LogP contribution in [0.25, 0.3) is 117 Å². The van der Waals surface area contributed by atoms with Crippen LogP contribution in [-0.4, -0.2) is 19.5 Å². The van der Waals surface area contributed by atoms with Crippen LogP contribution in [0.3, 0.4) is 0 Å². The summed E-state index contributed by atoms with van der Waals surface area (Å²) in [5.74, 6) is 1.63. The van der Waals surface area contributed by atoms with Crippen molar-refractivity contribution < 1.29 is 8.83 Å². The third-order valence-electron chi connectivity index (χ3n) is 11.1. The molecule has 4 aromatic heterocycles. The van der Waals surface area contributed by atoms with Crippen LogP contribution in [-0.2, 0) is 0 Å². The molecule has 266 valence electrons. The largest absolute Gasteiger partial charge is 0.456 e. The number of nitrogens with zero attached hydrogens (tertiary/aromatic N) is 4. The number of rotatable bonds is 5. The summed E-state index contributed by atoms with van der Waals surface area (Å²) in [5, 5.41) is 6.58. The second kappa shape index (κ2) is 12.3. The summed E-state index contributed by atoms with van der Waals surface area (Å²) in [6.45, 7) is 0. The fraction of sp³-hybridized carbons (Fsp3) is 0. The molecule has 0 bridgehead atoms. The highest BCUT2D eigenvalue weighted by Crippen LogP contribution is 2.39. The lowest BCUT2D eigenvalue weighted by Crippen LogP contribution is -2.01. The number of hydrogen-bond acceptors (Lipinski definition) is 5. The van der Waals surface area contributed by atoms with E-state index in [1.807, 2.05) is 54.6 Å². The van der Waals surface area contributed by atoms with Gasteiger partial charge in [-0.2, -0.15) is 0 Å². The van der Waals surface area contributed by atoms with E-state index in [-0.39, 0.29) is 0 Å². The molecule has 6 heteroatoms. The molecule has 0 spiro atoms. The van der Waals surface area contributed by atoms with Crippen molar-refractivity contribution in [1.29, 1.82) is 0 Å². The number of benzene rings is 8. The van der Waals surface area contributed by atoms with Crippen molar-refractivity contribution in [2.45, 2.75) is 0 Å². The quantitative estimate of drug-likeness (QED) is 0.176. The van der Waals surface area contributed by atoms with Crippen molar-refractivity contribution in [3.63, 3.8) is 0 Å². The average molecular weight is 731 g/mol. The Morgan fingerprint density at radius 3 is 1.77 bits per heavy atom. The first-order valence-electron chi connectivity index (χ1n) is 19.0. The highest BCUT2D eigenvalue weighted by Gasteiger charge is 2.20. The molecule has 0 aliphatic carbocycles. The van der Waals surface area contributed by atoms with Crippen molar-refractivity contribution in [3.05, 3.63) is 182 Å². The molecule has 0 unspecified atom stereocenters. The van der Waals surface area contributed by atoms with Crippen LogP contribution in [0.15, 0.2) is 191 Å². The molecular formula is C51H30N4O2. The molecule has 12 aromatic rings. The van der Waals surface area contributed by atoms with Gasteiger partial charge in [0.1, 0.15) is 22.3 Å². The van der Waals surface area contributed by atoms with Gasteiger partial charge in [-0.25, -0.2) is 15.0 Å². The second-order valence-electron chi connectivity index (χ2n) is 14.4. The Bertz CT molecular complexity index is 3540. The molecule has 0 aliphatic heterocycles. The summed E-state index contributed by atoms with van der Waals surface area (Å²) < 4.78 is 15.1. The van der Waals surface area contributed by atoms with E-state index in [1.165, 1.54) is 21.9 Å². The smallest absolute Gasteiger partial charge is 0.167 e. The SMILES string of the molecule is c1ccc(-c2ccc3c(c2)c2ccccc2n3-c2cccc(-c3nc(-c4ccc5c(c4)oc4ccccc45)nc(-c4cccc5c4oc4ccccc45)n3)c2)cc1. The van der Waals surface area contributed by atoms with Crippen LogP contribution in [0.4, 0.5) is 0 Å². The van der Waals surface area contributed by atoms with Crippen molar-refractivity contribution in [2.75, 3.05) is 0 Å². The van der Waals surface area contributed by atoms with Gasteiger partial charge in [0.05, 0.1) is 16.6 Å². The van der Waals surface area contributed by atoms with Crippen LogP contribution in [0.5, 0.6) is 0 Å². The van der Waals surface area contributed by atoms with E-state index in [0.717, 1.165) is 77.3 Å². The van der Waals surface area contributed by atoms with Crippen molar-refractivity contribution in [1.82, 2.24) is 19.5 Å². The zero-order chi connectivity index (χ0) is 37.5. The average Bonchev–Trinajstić information content (AvgIpc) is 3.96. The standard InChI is InChI=1S/C51H30N4O2/c1-2-12-31(13-3-1)32-25-27-44-42(29-32)36-16-4-7-21-43(36)55(44)35-15-10-14-33(28-35)49-52-50(34-24-26-39-37-17-5-8-22-45(37)56-47(39)30-34)54-51(53-49)41-20-11-19-40-38-18-6-9-23-46(38)57-48(40)41/h1-30H. The normalized spacial score (nSPS) is 11.9. The summed E-state index contributed by atoms with van der Waals surface area (Å²) in [5.41, 5.74) is 11.3. The lowest BCUT2D eigenvalue weighted by atomic mass is 10.0. The van der Waals surface area contributed by atoms with Crippen molar-refractivity contribution >= 4 is 65.7 Å². The third kappa shape index (κ3) is 5.01. The Morgan fingerprint density at radius 1 is 0.333 bits per heavy atom. The van der Waals surface area contributed by atoms with Crippen LogP contribution >= 0.6 is 0 Å². The van der Waals surface area contributed by atoms with Crippen LogP contribution in [0.2, 0.25) is 0 Å². The summed E-state index contributed by atoms with van der Waals surface area (Å²) >= 11 is 0. The van der Waals surface area contributed by atoms with E-state index < -0.39 is 0 Å². The molecule has 0 aliphatic rings. The molecule has 0 saturated heterocycles. The van der Waals surface area contributed by atoms with Gasteiger partial charge in [0.25, 0.3) is 0 Å². The van der Waals surface area contributed by atoms with E-state index >= 15 is 0 Å². The first-order chi connectivity index (χ1) is 28.2. The third-order valence-corrected chi connectivity index (χ3v) is 11.1. The topological polar surface area (TPSA) is 69.9 Å². The molecule has 8 aromatic carbocycles. The van der Waals surface area contributed by atoms with E-state index in [4.69, 9.17) is 23.8 Å². The number of aromatic nitrogens is 4. The molecule has 0 amide bonds. The Balaban J connectivity index is 1.06. The summed E-state index contributed by atoms with van der Waals surface area (Å²) in [6.07, 6.45) is 0. The van der Waals surface area contributed by atoms with E-state index in [1.54, 1.807) is 0 Å². The minimum absolute atomic E-state index is 0.528. The Labute approximate surface area is 325 Å². The maximum atomic E-state index is 6.49. The van der Waals surface area contributed by atoms with Crippen molar-refractivity contribution in [3.8, 4) is 51.0 Å². The van der Waals surface area contributed by atoms with Gasteiger partial charge < -0.3 is 13.4 Å². The molecule has 0 radical (unpaired) electrons. The van der Waals surface area contributed by atoms with E-state index in [9.17, 15) is 0 Å². The maximum absolute atomic E-state index is 6.49. The molecule has 6 nitrogen and oxygen atoms in total. The number of fused-ring (bicyclic) bond motifs is 9. The van der Waals surface area contributed by atoms with Crippen molar-refractivity contribution in [2.24, 2.45) is 0 Å². The van der Waals surface area contributed by atoms with Gasteiger partial charge in [0, 0.05) is 49.1 Å². The lowest BCUT2D eigenvalue weighted by molar-refractivity contribution is 0.668. The number of furan rings is 2. The van der Waals surface area contributed by atoms with Crippen LogP contribution in [0, 0.1) is 0 Å². The first-order valence-corrected chi connectivity index (χ1v) is 19.0. The minimum Gasteiger partial charge on any atom is -0.456 e. The Kier molecular flexibility index (Phi) is 6.83. The van der Waals surface area contributed by atoms with Gasteiger partial charge in [0.15, 0.2) is 17.5 Å².